The molecule has 220 valence electrons. The van der Waals surface area contributed by atoms with E-state index in [2.05, 4.69) is 5.32 Å². The second kappa shape index (κ2) is 15.1. The third-order valence-corrected chi connectivity index (χ3v) is 8.25. The molecule has 3 rings (SSSR count). The third-order valence-electron chi connectivity index (χ3n) is 6.48. The Morgan fingerprint density at radius 2 is 1.68 bits per heavy atom. The van der Waals surface area contributed by atoms with Gasteiger partial charge in [0.25, 0.3) is 0 Å². The molecule has 8 nitrogen and oxygen atoms in total. The number of nitrogens with one attached hydrogen (secondary N) is 1. The number of hydrogen-bond donors (Lipinski definition) is 1. The molecule has 0 bridgehead atoms. The maximum absolute atomic E-state index is 13.8. The highest BCUT2D eigenvalue weighted by Crippen LogP contribution is 2.30. The lowest BCUT2D eigenvalue weighted by Gasteiger charge is -2.32. The molecule has 0 aliphatic heterocycles. The number of sulfonamides is 1. The van der Waals surface area contributed by atoms with Gasteiger partial charge in [0.05, 0.1) is 19.1 Å². The molecule has 1 N–H and O–H groups in total. The van der Waals surface area contributed by atoms with Crippen molar-refractivity contribution in [2.45, 2.75) is 38.8 Å². The maximum atomic E-state index is 13.8. The summed E-state index contributed by atoms with van der Waals surface area (Å²) in [5.74, 6) is -0.194. The van der Waals surface area contributed by atoms with Crippen molar-refractivity contribution in [1.29, 1.82) is 0 Å². The molecule has 0 fully saturated rings. The number of rotatable bonds is 14. The zero-order valence-electron chi connectivity index (χ0n) is 23.3. The van der Waals surface area contributed by atoms with Crippen LogP contribution in [0, 0.1) is 0 Å². The lowest BCUT2D eigenvalue weighted by Crippen LogP contribution is -2.50. The quantitative estimate of drug-likeness (QED) is 0.263. The van der Waals surface area contributed by atoms with Crippen molar-refractivity contribution in [3.63, 3.8) is 0 Å². The first kappa shape index (κ1) is 32.2. The topological polar surface area (TPSA) is 96.0 Å². The molecule has 0 aliphatic carbocycles. The molecule has 0 unspecified atom stereocenters. The number of methoxy groups -OCH3 is 1. The van der Waals surface area contributed by atoms with E-state index in [1.54, 1.807) is 42.5 Å². The number of likely N-dealkylation sites (N-methyl/N-ethyl adjacent to an activating group) is 1. The summed E-state index contributed by atoms with van der Waals surface area (Å²) in [5.41, 5.74) is 1.92. The highest BCUT2D eigenvalue weighted by atomic mass is 35.5. The monoisotopic (exact) mass is 619 g/mol. The second-order valence-corrected chi connectivity index (χ2v) is 12.2. The molecular weight excluding hydrogens is 585 g/mol. The van der Waals surface area contributed by atoms with Crippen molar-refractivity contribution in [2.24, 2.45) is 0 Å². The van der Waals surface area contributed by atoms with E-state index in [1.807, 2.05) is 37.3 Å². The lowest BCUT2D eigenvalue weighted by atomic mass is 10.0. The molecule has 1 atom stereocenters. The van der Waals surface area contributed by atoms with Gasteiger partial charge in [0.15, 0.2) is 0 Å². The van der Waals surface area contributed by atoms with Crippen LogP contribution < -0.4 is 14.4 Å². The Balaban J connectivity index is 1.90. The van der Waals surface area contributed by atoms with E-state index in [-0.39, 0.29) is 37.7 Å². The number of carbonyl (C=O) groups excluding carboxylic acids is 2. The fraction of sp³-hybridized carbons (Fsp3) is 0.333. The summed E-state index contributed by atoms with van der Waals surface area (Å²) in [6.45, 7) is 2.34. The van der Waals surface area contributed by atoms with E-state index >= 15 is 0 Å². The Labute approximate surface area is 252 Å². The summed E-state index contributed by atoms with van der Waals surface area (Å²) < 4.78 is 32.0. The summed E-state index contributed by atoms with van der Waals surface area (Å²) in [7, 11) is -2.20. The number of carbonyl (C=O) groups is 2. The SMILES string of the molecule is CCNC(=O)[C@H](Cc1ccccc1)N(Cc1ccc(Cl)cc1Cl)C(=O)CCCN(c1ccccc1OC)S(C)(=O)=O. The average molecular weight is 621 g/mol. The van der Waals surface area contributed by atoms with Gasteiger partial charge in [-0.3, -0.25) is 13.9 Å². The molecule has 2 amide bonds. The summed E-state index contributed by atoms with van der Waals surface area (Å²) >= 11 is 12.6. The Bertz CT molecular complexity index is 1440. The second-order valence-electron chi connectivity index (χ2n) is 9.47. The van der Waals surface area contributed by atoms with E-state index in [0.29, 0.717) is 40.0 Å². The van der Waals surface area contributed by atoms with Gasteiger partial charge in [-0.05, 0) is 48.7 Å². The summed E-state index contributed by atoms with van der Waals surface area (Å²) in [4.78, 5) is 28.7. The van der Waals surface area contributed by atoms with Crippen LogP contribution in [0.3, 0.4) is 0 Å². The fourth-order valence-corrected chi connectivity index (χ4v) is 5.93. The predicted molar refractivity (Wildman–Crippen MR) is 164 cm³/mol. The van der Waals surface area contributed by atoms with E-state index in [9.17, 15) is 18.0 Å². The van der Waals surface area contributed by atoms with Crippen LogP contribution in [-0.2, 0) is 32.6 Å². The van der Waals surface area contributed by atoms with E-state index in [4.69, 9.17) is 27.9 Å². The molecule has 0 spiro atoms. The normalized spacial score (nSPS) is 11.9. The summed E-state index contributed by atoms with van der Waals surface area (Å²) in [6, 6.07) is 20.4. The number of amides is 2. The van der Waals surface area contributed by atoms with Crippen LogP contribution in [0.2, 0.25) is 10.0 Å². The van der Waals surface area contributed by atoms with Crippen LogP contribution >= 0.6 is 23.2 Å². The molecule has 0 heterocycles. The molecule has 0 saturated heterocycles. The van der Waals surface area contributed by atoms with Crippen LogP contribution in [0.25, 0.3) is 0 Å². The Kier molecular flexibility index (Phi) is 11.9. The van der Waals surface area contributed by atoms with Crippen molar-refractivity contribution < 1.29 is 22.7 Å². The minimum Gasteiger partial charge on any atom is -0.495 e. The largest absolute Gasteiger partial charge is 0.495 e. The van der Waals surface area contributed by atoms with Gasteiger partial charge >= 0.3 is 0 Å². The molecule has 41 heavy (non-hydrogen) atoms. The molecule has 11 heteroatoms. The molecule has 3 aromatic rings. The minimum absolute atomic E-state index is 0.00290. The third kappa shape index (κ3) is 9.11. The van der Waals surface area contributed by atoms with Gasteiger partial charge in [-0.15, -0.1) is 0 Å². The van der Waals surface area contributed by atoms with Crippen LogP contribution in [0.5, 0.6) is 5.75 Å². The average Bonchev–Trinajstić information content (AvgIpc) is 2.94. The Morgan fingerprint density at radius 3 is 2.32 bits per heavy atom. The van der Waals surface area contributed by atoms with Crippen molar-refractivity contribution in [3.8, 4) is 5.75 Å². The van der Waals surface area contributed by atoms with Crippen LogP contribution in [0.4, 0.5) is 5.69 Å². The molecule has 3 aromatic carbocycles. The number of benzene rings is 3. The first-order valence-corrected chi connectivity index (χ1v) is 15.8. The van der Waals surface area contributed by atoms with Gasteiger partial charge in [-0.2, -0.15) is 0 Å². The van der Waals surface area contributed by atoms with Gasteiger partial charge in [-0.1, -0.05) is 71.7 Å². The highest BCUT2D eigenvalue weighted by molar-refractivity contribution is 7.92. The number of ether oxygens (including phenoxy) is 1. The maximum Gasteiger partial charge on any atom is 0.243 e. The molecule has 0 radical (unpaired) electrons. The number of hydrogen-bond acceptors (Lipinski definition) is 5. The predicted octanol–water partition coefficient (Wildman–Crippen LogP) is 5.32. The van der Waals surface area contributed by atoms with E-state index in [0.717, 1.165) is 11.8 Å². The molecule has 0 aromatic heterocycles. The van der Waals surface area contributed by atoms with Gasteiger partial charge < -0.3 is 15.0 Å². The van der Waals surface area contributed by atoms with Crippen molar-refractivity contribution >= 4 is 50.7 Å². The number of para-hydroxylation sites is 2. The number of nitrogens with zero attached hydrogens (tertiary/aromatic N) is 2. The van der Waals surface area contributed by atoms with Crippen LogP contribution in [-0.4, -0.2) is 57.6 Å². The van der Waals surface area contributed by atoms with Crippen LogP contribution in [0.15, 0.2) is 72.8 Å². The lowest BCUT2D eigenvalue weighted by molar-refractivity contribution is -0.141. The van der Waals surface area contributed by atoms with Crippen molar-refractivity contribution in [1.82, 2.24) is 10.2 Å². The zero-order chi connectivity index (χ0) is 30.0. The van der Waals surface area contributed by atoms with Crippen LogP contribution in [0.1, 0.15) is 30.9 Å². The minimum atomic E-state index is -3.67. The first-order valence-electron chi connectivity index (χ1n) is 13.2. The zero-order valence-corrected chi connectivity index (χ0v) is 25.7. The Morgan fingerprint density at radius 1 is 1.00 bits per heavy atom. The standard InChI is InChI=1S/C30H35Cl2N3O5S/c1-4-33-30(37)27(19-22-11-6-5-7-12-22)34(21-23-16-17-24(31)20-25(23)32)29(36)15-10-18-35(41(3,38)39)26-13-8-9-14-28(26)40-2/h5-9,11-14,16-17,20,27H,4,10,15,18-19,21H2,1-3H3,(H,33,37)/t27-/m0/s1. The van der Waals surface area contributed by atoms with Crippen molar-refractivity contribution in [3.05, 3.63) is 94.0 Å². The first-order chi connectivity index (χ1) is 19.5. The van der Waals surface area contributed by atoms with Gasteiger partial charge in [0.1, 0.15) is 11.8 Å². The fourth-order valence-electron chi connectivity index (χ4n) is 4.50. The number of halogens is 2. The number of anilines is 1. The summed E-state index contributed by atoms with van der Waals surface area (Å²) in [6.07, 6.45) is 1.61. The van der Waals surface area contributed by atoms with Gasteiger partial charge in [0.2, 0.25) is 21.8 Å². The summed E-state index contributed by atoms with van der Waals surface area (Å²) in [5, 5.41) is 3.69. The van der Waals surface area contributed by atoms with Gasteiger partial charge in [-0.25, -0.2) is 8.42 Å². The molecule has 0 aliphatic rings. The van der Waals surface area contributed by atoms with E-state index < -0.39 is 16.1 Å². The van der Waals surface area contributed by atoms with Crippen molar-refractivity contribution in [2.75, 3.05) is 30.8 Å². The smallest absolute Gasteiger partial charge is 0.243 e. The Hall–Kier alpha value is -3.27. The van der Waals surface area contributed by atoms with E-state index in [1.165, 1.54) is 16.3 Å². The highest BCUT2D eigenvalue weighted by Gasteiger charge is 2.31. The van der Waals surface area contributed by atoms with Gasteiger partial charge in [0, 0.05) is 42.5 Å². The molecule has 0 saturated carbocycles. The molecular formula is C30H35Cl2N3O5S.